The first-order valence-corrected chi connectivity index (χ1v) is 7.93. The van der Waals surface area contributed by atoms with Crippen LogP contribution in [0.3, 0.4) is 0 Å². The van der Waals surface area contributed by atoms with E-state index < -0.39 is 0 Å². The highest BCUT2D eigenvalue weighted by Gasteiger charge is 2.24. The number of aromatic nitrogens is 1. The monoisotopic (exact) mass is 311 g/mol. The Bertz CT molecular complexity index is 669. The number of piperidine rings is 1. The van der Waals surface area contributed by atoms with E-state index in [9.17, 15) is 9.59 Å². The molecular formula is C18H21N3O2. The molecule has 3 rings (SSSR count). The van der Waals surface area contributed by atoms with Crippen LogP contribution in [0.5, 0.6) is 0 Å². The van der Waals surface area contributed by atoms with Crippen molar-refractivity contribution in [3.05, 3.63) is 54.4 Å². The van der Waals surface area contributed by atoms with Crippen LogP contribution in [0.4, 0.5) is 5.69 Å². The number of carbonyl (C=O) groups excluding carboxylic acids is 2. The van der Waals surface area contributed by atoms with E-state index in [1.165, 1.54) is 6.92 Å². The Morgan fingerprint density at radius 2 is 1.65 bits per heavy atom. The average molecular weight is 311 g/mol. The maximum atomic E-state index is 12.6. The summed E-state index contributed by atoms with van der Waals surface area (Å²) in [7, 11) is 0. The van der Waals surface area contributed by atoms with Gasteiger partial charge in [-0.05, 0) is 49.2 Å². The summed E-state index contributed by atoms with van der Waals surface area (Å²) in [6.45, 7) is 3.01. The molecule has 1 saturated heterocycles. The quantitative estimate of drug-likeness (QED) is 0.947. The molecule has 2 aromatic rings. The zero-order chi connectivity index (χ0) is 16.2. The molecule has 1 aliphatic heterocycles. The Labute approximate surface area is 135 Å². The van der Waals surface area contributed by atoms with E-state index in [2.05, 4.69) is 22.3 Å². The van der Waals surface area contributed by atoms with Crippen molar-refractivity contribution >= 4 is 17.5 Å². The maximum Gasteiger partial charge on any atom is 0.253 e. The number of nitrogens with zero attached hydrogens (tertiary/aromatic N) is 2. The lowest BCUT2D eigenvalue weighted by molar-refractivity contribution is -0.114. The average Bonchev–Trinajstić information content (AvgIpc) is 3.09. The Morgan fingerprint density at radius 3 is 2.22 bits per heavy atom. The Kier molecular flexibility index (Phi) is 4.46. The minimum atomic E-state index is -0.115. The van der Waals surface area contributed by atoms with Crippen LogP contribution in [0.1, 0.15) is 36.2 Å². The summed E-state index contributed by atoms with van der Waals surface area (Å²) in [5.41, 5.74) is 1.37. The van der Waals surface area contributed by atoms with E-state index in [4.69, 9.17) is 0 Å². The van der Waals surface area contributed by atoms with Crippen LogP contribution < -0.4 is 5.32 Å². The molecule has 23 heavy (non-hydrogen) atoms. The summed E-state index contributed by atoms with van der Waals surface area (Å²) < 4.78 is 2.23. The van der Waals surface area contributed by atoms with Crippen molar-refractivity contribution in [3.8, 4) is 0 Å². The first kappa shape index (κ1) is 15.3. The van der Waals surface area contributed by atoms with Crippen LogP contribution in [-0.2, 0) is 4.79 Å². The van der Waals surface area contributed by atoms with Crippen molar-refractivity contribution in [1.29, 1.82) is 0 Å². The van der Waals surface area contributed by atoms with Crippen LogP contribution in [0.2, 0.25) is 0 Å². The molecule has 1 aliphatic rings. The fourth-order valence-electron chi connectivity index (χ4n) is 3.04. The molecule has 1 aromatic carbocycles. The third kappa shape index (κ3) is 3.62. The molecule has 1 aromatic heterocycles. The molecule has 1 N–H and O–H groups in total. The van der Waals surface area contributed by atoms with Crippen LogP contribution in [0.25, 0.3) is 0 Å². The Balaban J connectivity index is 1.59. The van der Waals surface area contributed by atoms with E-state index in [0.29, 0.717) is 17.3 Å². The van der Waals surface area contributed by atoms with Crippen molar-refractivity contribution in [2.45, 2.75) is 25.8 Å². The van der Waals surface area contributed by atoms with Gasteiger partial charge in [-0.25, -0.2) is 0 Å². The Hall–Kier alpha value is -2.56. The minimum absolute atomic E-state index is 0.0605. The van der Waals surface area contributed by atoms with E-state index in [0.717, 1.165) is 25.9 Å². The van der Waals surface area contributed by atoms with Gasteiger partial charge in [0.2, 0.25) is 5.91 Å². The molecule has 0 radical (unpaired) electrons. The standard InChI is InChI=1S/C18H21N3O2/c1-14(22)19-16-6-4-15(5-7-16)18(23)21-12-8-17(9-13-21)20-10-2-3-11-20/h2-7,10-11,17H,8-9,12-13H2,1H3,(H,19,22). The zero-order valence-electron chi connectivity index (χ0n) is 13.2. The number of amides is 2. The molecule has 0 aliphatic carbocycles. The molecule has 5 heteroatoms. The molecule has 0 atom stereocenters. The van der Waals surface area contributed by atoms with Crippen LogP contribution in [0.15, 0.2) is 48.8 Å². The van der Waals surface area contributed by atoms with E-state index >= 15 is 0 Å². The summed E-state index contributed by atoms with van der Waals surface area (Å²) in [5.74, 6) is -0.0542. The van der Waals surface area contributed by atoms with Gasteiger partial charge in [0.1, 0.15) is 0 Å². The lowest BCUT2D eigenvalue weighted by atomic mass is 10.0. The number of hydrogen-bond donors (Lipinski definition) is 1. The van der Waals surface area contributed by atoms with Gasteiger partial charge in [0, 0.05) is 49.7 Å². The Morgan fingerprint density at radius 1 is 1.04 bits per heavy atom. The number of benzene rings is 1. The number of likely N-dealkylation sites (tertiary alicyclic amines) is 1. The van der Waals surface area contributed by atoms with Gasteiger partial charge in [-0.1, -0.05) is 0 Å². The number of rotatable bonds is 3. The SMILES string of the molecule is CC(=O)Nc1ccc(C(=O)N2CCC(n3cccc3)CC2)cc1. The third-order valence-corrected chi connectivity index (χ3v) is 4.25. The molecule has 0 saturated carbocycles. The first-order chi connectivity index (χ1) is 11.1. The highest BCUT2D eigenvalue weighted by Crippen LogP contribution is 2.23. The smallest absolute Gasteiger partial charge is 0.253 e. The highest BCUT2D eigenvalue weighted by molar-refractivity contribution is 5.95. The molecule has 0 spiro atoms. The van der Waals surface area contributed by atoms with Crippen molar-refractivity contribution in [2.24, 2.45) is 0 Å². The van der Waals surface area contributed by atoms with Crippen LogP contribution >= 0.6 is 0 Å². The lowest BCUT2D eigenvalue weighted by Gasteiger charge is -2.32. The normalized spacial score (nSPS) is 15.4. The minimum Gasteiger partial charge on any atom is -0.351 e. The molecule has 5 nitrogen and oxygen atoms in total. The molecule has 2 amide bonds. The number of hydrogen-bond acceptors (Lipinski definition) is 2. The van der Waals surface area contributed by atoms with E-state index in [1.807, 2.05) is 17.0 Å². The van der Waals surface area contributed by atoms with Crippen molar-refractivity contribution in [1.82, 2.24) is 9.47 Å². The van der Waals surface area contributed by atoms with Gasteiger partial charge < -0.3 is 14.8 Å². The van der Waals surface area contributed by atoms with Gasteiger partial charge in [-0.15, -0.1) is 0 Å². The molecular weight excluding hydrogens is 290 g/mol. The summed E-state index contributed by atoms with van der Waals surface area (Å²) in [5, 5.41) is 2.71. The topological polar surface area (TPSA) is 54.3 Å². The van der Waals surface area contributed by atoms with Crippen molar-refractivity contribution in [3.63, 3.8) is 0 Å². The van der Waals surface area contributed by atoms with Gasteiger partial charge in [0.25, 0.3) is 5.91 Å². The molecule has 0 bridgehead atoms. The molecule has 0 unspecified atom stereocenters. The predicted octanol–water partition coefficient (Wildman–Crippen LogP) is 2.92. The number of anilines is 1. The molecule has 120 valence electrons. The fraction of sp³-hybridized carbons (Fsp3) is 0.333. The van der Waals surface area contributed by atoms with E-state index in [-0.39, 0.29) is 11.8 Å². The van der Waals surface area contributed by atoms with Gasteiger partial charge in [0.05, 0.1) is 0 Å². The third-order valence-electron chi connectivity index (χ3n) is 4.25. The second-order valence-corrected chi connectivity index (χ2v) is 5.91. The van der Waals surface area contributed by atoms with Gasteiger partial charge in [-0.2, -0.15) is 0 Å². The summed E-state index contributed by atoms with van der Waals surface area (Å²) >= 11 is 0. The predicted molar refractivity (Wildman–Crippen MR) is 89.4 cm³/mol. The number of nitrogens with one attached hydrogen (secondary N) is 1. The van der Waals surface area contributed by atoms with Gasteiger partial charge in [0.15, 0.2) is 0 Å². The summed E-state index contributed by atoms with van der Waals surface area (Å²) in [6, 6.07) is 11.6. The second-order valence-electron chi connectivity index (χ2n) is 5.91. The van der Waals surface area contributed by atoms with Crippen LogP contribution in [-0.4, -0.2) is 34.4 Å². The van der Waals surface area contributed by atoms with Crippen molar-refractivity contribution in [2.75, 3.05) is 18.4 Å². The van der Waals surface area contributed by atoms with Gasteiger partial charge in [-0.3, -0.25) is 9.59 Å². The molecule has 2 heterocycles. The van der Waals surface area contributed by atoms with Crippen molar-refractivity contribution < 1.29 is 9.59 Å². The second kappa shape index (κ2) is 6.69. The molecule has 1 fully saturated rings. The summed E-state index contributed by atoms with van der Waals surface area (Å²) in [6.07, 6.45) is 6.13. The zero-order valence-corrected chi connectivity index (χ0v) is 13.2. The maximum absolute atomic E-state index is 12.6. The first-order valence-electron chi connectivity index (χ1n) is 7.93. The number of carbonyl (C=O) groups is 2. The largest absolute Gasteiger partial charge is 0.351 e. The fourth-order valence-corrected chi connectivity index (χ4v) is 3.04. The van der Waals surface area contributed by atoms with E-state index in [1.54, 1.807) is 24.3 Å². The summed E-state index contributed by atoms with van der Waals surface area (Å²) in [4.78, 5) is 25.5. The highest BCUT2D eigenvalue weighted by atomic mass is 16.2. The lowest BCUT2D eigenvalue weighted by Crippen LogP contribution is -2.38. The van der Waals surface area contributed by atoms with Crippen LogP contribution in [0, 0.1) is 0 Å². The van der Waals surface area contributed by atoms with Gasteiger partial charge >= 0.3 is 0 Å².